The van der Waals surface area contributed by atoms with Gasteiger partial charge < -0.3 is 5.73 Å². The molecule has 0 saturated heterocycles. The van der Waals surface area contributed by atoms with Crippen LogP contribution in [-0.2, 0) is 6.42 Å². The summed E-state index contributed by atoms with van der Waals surface area (Å²) in [7, 11) is 0. The molecular weight excluding hydrogens is 226 g/mol. The molecule has 2 aromatic rings. The van der Waals surface area contributed by atoms with Gasteiger partial charge in [0.1, 0.15) is 0 Å². The van der Waals surface area contributed by atoms with Gasteiger partial charge in [-0.15, -0.1) is 0 Å². The molecule has 0 aliphatic heterocycles. The summed E-state index contributed by atoms with van der Waals surface area (Å²) >= 11 is 1.76. The van der Waals surface area contributed by atoms with E-state index in [1.165, 1.54) is 11.1 Å². The fourth-order valence-corrected chi connectivity index (χ4v) is 2.73. The molecule has 0 aliphatic rings. The maximum atomic E-state index is 6.27. The van der Waals surface area contributed by atoms with Crippen molar-refractivity contribution in [2.45, 2.75) is 31.7 Å². The molecule has 90 valence electrons. The zero-order valence-corrected chi connectivity index (χ0v) is 11.0. The molecule has 2 N–H and O–H groups in total. The van der Waals surface area contributed by atoms with Crippen molar-refractivity contribution in [2.24, 2.45) is 5.73 Å². The average molecular weight is 245 g/mol. The Kier molecular flexibility index (Phi) is 4.35. The normalized spacial score (nSPS) is 14.5. The zero-order valence-electron chi connectivity index (χ0n) is 10.2. The van der Waals surface area contributed by atoms with E-state index in [0.29, 0.717) is 5.92 Å². The van der Waals surface area contributed by atoms with Gasteiger partial charge in [0.15, 0.2) is 0 Å². The van der Waals surface area contributed by atoms with Crippen molar-refractivity contribution in [3.8, 4) is 0 Å². The molecule has 0 fully saturated rings. The van der Waals surface area contributed by atoms with Crippen molar-refractivity contribution in [3.05, 3.63) is 58.3 Å². The molecular formula is C15H19NS. The lowest BCUT2D eigenvalue weighted by molar-refractivity contribution is 0.529. The Morgan fingerprint density at radius 1 is 1.18 bits per heavy atom. The highest BCUT2D eigenvalue weighted by Gasteiger charge is 2.14. The molecule has 0 amide bonds. The Hall–Kier alpha value is -1.12. The van der Waals surface area contributed by atoms with E-state index < -0.39 is 0 Å². The lowest BCUT2D eigenvalue weighted by atomic mass is 9.90. The van der Waals surface area contributed by atoms with Gasteiger partial charge in [0.2, 0.25) is 0 Å². The molecule has 1 aromatic heterocycles. The van der Waals surface area contributed by atoms with E-state index in [9.17, 15) is 0 Å². The lowest BCUT2D eigenvalue weighted by Gasteiger charge is -2.20. The molecule has 17 heavy (non-hydrogen) atoms. The van der Waals surface area contributed by atoms with E-state index in [1.807, 2.05) is 6.07 Å². The predicted molar refractivity (Wildman–Crippen MR) is 75.5 cm³/mol. The monoisotopic (exact) mass is 245 g/mol. The second-order valence-electron chi connectivity index (χ2n) is 4.53. The fourth-order valence-electron chi connectivity index (χ4n) is 2.02. The van der Waals surface area contributed by atoms with Gasteiger partial charge in [0.25, 0.3) is 0 Å². The van der Waals surface area contributed by atoms with Crippen LogP contribution in [0.15, 0.2) is 47.2 Å². The van der Waals surface area contributed by atoms with Crippen LogP contribution in [0.3, 0.4) is 0 Å². The van der Waals surface area contributed by atoms with E-state index in [4.69, 9.17) is 5.73 Å². The molecule has 2 rings (SSSR count). The first kappa shape index (κ1) is 12.3. The molecule has 2 unspecified atom stereocenters. The Bertz CT molecular complexity index is 421. The van der Waals surface area contributed by atoms with Gasteiger partial charge in [0, 0.05) is 6.04 Å². The Morgan fingerprint density at radius 3 is 2.59 bits per heavy atom. The molecule has 1 nitrogen and oxygen atoms in total. The summed E-state index contributed by atoms with van der Waals surface area (Å²) in [5.74, 6) is 0.426. The number of hydrogen-bond acceptors (Lipinski definition) is 2. The van der Waals surface area contributed by atoms with Crippen LogP contribution < -0.4 is 5.73 Å². The van der Waals surface area contributed by atoms with E-state index in [-0.39, 0.29) is 6.04 Å². The minimum atomic E-state index is 0.234. The van der Waals surface area contributed by atoms with Gasteiger partial charge in [-0.25, -0.2) is 0 Å². The summed E-state index contributed by atoms with van der Waals surface area (Å²) in [4.78, 5) is 0. The summed E-state index contributed by atoms with van der Waals surface area (Å²) in [5.41, 5.74) is 9.02. The minimum absolute atomic E-state index is 0.234. The number of nitrogens with two attached hydrogens (primary N) is 1. The van der Waals surface area contributed by atoms with Gasteiger partial charge in [-0.1, -0.05) is 37.3 Å². The predicted octanol–water partition coefficient (Wildman–Crippen LogP) is 3.81. The second-order valence-corrected chi connectivity index (χ2v) is 5.31. The Labute approximate surface area is 107 Å². The maximum absolute atomic E-state index is 6.27. The van der Waals surface area contributed by atoms with Crippen molar-refractivity contribution in [1.82, 2.24) is 0 Å². The topological polar surface area (TPSA) is 26.0 Å². The average Bonchev–Trinajstić information content (AvgIpc) is 2.89. The summed E-state index contributed by atoms with van der Waals surface area (Å²) in [6.07, 6.45) is 2.13. The van der Waals surface area contributed by atoms with Crippen LogP contribution in [0.2, 0.25) is 0 Å². The highest BCUT2D eigenvalue weighted by atomic mass is 32.1. The van der Waals surface area contributed by atoms with Gasteiger partial charge in [0.05, 0.1) is 0 Å². The van der Waals surface area contributed by atoms with Crippen LogP contribution in [0.25, 0.3) is 0 Å². The van der Waals surface area contributed by atoms with Crippen LogP contribution in [0.4, 0.5) is 0 Å². The highest BCUT2D eigenvalue weighted by molar-refractivity contribution is 7.07. The molecule has 0 aliphatic carbocycles. The number of hydrogen-bond donors (Lipinski definition) is 1. The van der Waals surface area contributed by atoms with E-state index in [2.05, 4.69) is 48.0 Å². The first-order chi connectivity index (χ1) is 8.27. The van der Waals surface area contributed by atoms with Crippen LogP contribution in [0.1, 0.15) is 30.4 Å². The highest BCUT2D eigenvalue weighted by Crippen LogP contribution is 2.21. The van der Waals surface area contributed by atoms with Crippen molar-refractivity contribution in [3.63, 3.8) is 0 Å². The smallest absolute Gasteiger partial charge is 0.0108 e. The maximum Gasteiger partial charge on any atom is 0.0108 e. The molecule has 0 saturated carbocycles. The first-order valence-corrected chi connectivity index (χ1v) is 7.03. The molecule has 0 bridgehead atoms. The van der Waals surface area contributed by atoms with Crippen LogP contribution in [-0.4, -0.2) is 6.04 Å². The van der Waals surface area contributed by atoms with Gasteiger partial charge in [-0.3, -0.25) is 0 Å². The van der Waals surface area contributed by atoms with E-state index >= 15 is 0 Å². The minimum Gasteiger partial charge on any atom is -0.327 e. The van der Waals surface area contributed by atoms with Crippen LogP contribution in [0, 0.1) is 0 Å². The SMILES string of the molecule is CC(c1ccccc1)C(N)CCc1ccsc1. The Balaban J connectivity index is 1.89. The number of aryl methyl sites for hydroxylation is 1. The van der Waals surface area contributed by atoms with E-state index in [0.717, 1.165) is 12.8 Å². The quantitative estimate of drug-likeness (QED) is 0.851. The standard InChI is InChI=1S/C15H19NS/c1-12(14-5-3-2-4-6-14)15(16)8-7-13-9-10-17-11-13/h2-6,9-12,15H,7-8,16H2,1H3. The molecule has 1 heterocycles. The third-order valence-electron chi connectivity index (χ3n) is 3.31. The summed E-state index contributed by atoms with van der Waals surface area (Å²) < 4.78 is 0. The summed E-state index contributed by atoms with van der Waals surface area (Å²) in [6, 6.07) is 13.0. The van der Waals surface area contributed by atoms with Crippen molar-refractivity contribution in [1.29, 1.82) is 0 Å². The largest absolute Gasteiger partial charge is 0.327 e. The number of benzene rings is 1. The molecule has 0 spiro atoms. The van der Waals surface area contributed by atoms with Crippen molar-refractivity contribution < 1.29 is 0 Å². The third kappa shape index (κ3) is 3.42. The molecule has 2 atom stereocenters. The second kappa shape index (κ2) is 5.99. The van der Waals surface area contributed by atoms with Crippen molar-refractivity contribution in [2.75, 3.05) is 0 Å². The van der Waals surface area contributed by atoms with Crippen molar-refractivity contribution >= 4 is 11.3 Å². The summed E-state index contributed by atoms with van der Waals surface area (Å²) in [6.45, 7) is 2.22. The first-order valence-electron chi connectivity index (χ1n) is 6.09. The van der Waals surface area contributed by atoms with E-state index in [1.54, 1.807) is 11.3 Å². The molecule has 2 heteroatoms. The van der Waals surface area contributed by atoms with Crippen LogP contribution >= 0.6 is 11.3 Å². The zero-order chi connectivity index (χ0) is 12.1. The molecule has 0 radical (unpaired) electrons. The lowest BCUT2D eigenvalue weighted by Crippen LogP contribution is -2.27. The van der Waals surface area contributed by atoms with Gasteiger partial charge in [-0.05, 0) is 46.7 Å². The number of thiophene rings is 1. The number of rotatable bonds is 5. The van der Waals surface area contributed by atoms with Crippen LogP contribution in [0.5, 0.6) is 0 Å². The third-order valence-corrected chi connectivity index (χ3v) is 4.05. The van der Waals surface area contributed by atoms with Gasteiger partial charge in [-0.2, -0.15) is 11.3 Å². The Morgan fingerprint density at radius 2 is 1.94 bits per heavy atom. The summed E-state index contributed by atoms with van der Waals surface area (Å²) in [5, 5.41) is 4.33. The van der Waals surface area contributed by atoms with Gasteiger partial charge >= 0.3 is 0 Å². The fraction of sp³-hybridized carbons (Fsp3) is 0.333. The molecule has 1 aromatic carbocycles.